The van der Waals surface area contributed by atoms with Gasteiger partial charge in [0.2, 0.25) is 0 Å². The van der Waals surface area contributed by atoms with Gasteiger partial charge in [0.15, 0.2) is 0 Å². The molecule has 0 saturated carbocycles. The van der Waals surface area contributed by atoms with Crippen LogP contribution in [0.3, 0.4) is 0 Å². The monoisotopic (exact) mass is 421 g/mol. The summed E-state index contributed by atoms with van der Waals surface area (Å²) in [7, 11) is 0. The van der Waals surface area contributed by atoms with E-state index in [-0.39, 0.29) is 29.3 Å². The summed E-state index contributed by atoms with van der Waals surface area (Å²) >= 11 is 0. The number of benzene rings is 1. The largest absolute Gasteiger partial charge is 0.461 e. The highest BCUT2D eigenvalue weighted by atomic mass is 16.6. The van der Waals surface area contributed by atoms with Crippen molar-refractivity contribution in [3.8, 4) is 0 Å². The smallest absolute Gasteiger partial charge is 0.315 e. The van der Waals surface area contributed by atoms with Gasteiger partial charge in [-0.2, -0.15) is 0 Å². The Morgan fingerprint density at radius 1 is 1.19 bits per heavy atom. The van der Waals surface area contributed by atoms with Gasteiger partial charge >= 0.3 is 5.97 Å². The van der Waals surface area contributed by atoms with Crippen LogP contribution in [0.1, 0.15) is 44.2 Å². The van der Waals surface area contributed by atoms with Gasteiger partial charge in [-0.05, 0) is 68.2 Å². The molecule has 4 heteroatoms. The highest BCUT2D eigenvalue weighted by Gasteiger charge is 2.52. The maximum Gasteiger partial charge on any atom is 0.315 e. The van der Waals surface area contributed by atoms with E-state index >= 15 is 0 Å². The third kappa shape index (κ3) is 3.63. The first-order chi connectivity index (χ1) is 14.9. The molecule has 2 heterocycles. The number of ether oxygens (including phenoxy) is 1. The number of aryl methyl sites for hydroxylation is 1. The van der Waals surface area contributed by atoms with Gasteiger partial charge in [0.25, 0.3) is 0 Å². The lowest BCUT2D eigenvalue weighted by atomic mass is 9.62. The summed E-state index contributed by atoms with van der Waals surface area (Å²) in [5.41, 5.74) is 7.20. The highest BCUT2D eigenvalue weighted by Crippen LogP contribution is 2.52. The van der Waals surface area contributed by atoms with Crippen LogP contribution in [0.25, 0.3) is 0 Å². The van der Waals surface area contributed by atoms with Gasteiger partial charge in [-0.15, -0.1) is 0 Å². The predicted molar refractivity (Wildman–Crippen MR) is 124 cm³/mol. The number of hydrogen-bond acceptors (Lipinski definition) is 3. The Morgan fingerprint density at radius 3 is 2.74 bits per heavy atom. The van der Waals surface area contributed by atoms with Crippen molar-refractivity contribution in [2.45, 2.75) is 53.1 Å². The van der Waals surface area contributed by atoms with E-state index in [9.17, 15) is 4.79 Å². The number of carbonyl (C=O) groups is 1. The second-order valence-corrected chi connectivity index (χ2v) is 10.6. The summed E-state index contributed by atoms with van der Waals surface area (Å²) in [4.78, 5) is 17.0. The van der Waals surface area contributed by atoms with Crippen LogP contribution < -0.4 is 9.80 Å². The van der Waals surface area contributed by atoms with Crippen LogP contribution in [0, 0.1) is 31.1 Å². The standard InChI is InChI=1S/C27H36N2O2/c1-18-7-5-9-24(20(18)3)29-13-11-28(12-14-29)17-22-21-15-23-19(2)8-6-10-27(23,4)16-25(21)31-26(22)30/h5,7-9,15,21-22,25H,6,10-14,16-17H2,1-4H3/p+1/t21-,22-,25-,27-/m1/s1. The van der Waals surface area contributed by atoms with Crippen molar-refractivity contribution in [2.24, 2.45) is 17.3 Å². The lowest BCUT2D eigenvalue weighted by molar-refractivity contribution is -0.903. The zero-order chi connectivity index (χ0) is 21.8. The molecule has 166 valence electrons. The molecule has 0 radical (unpaired) electrons. The molecular formula is C27H37N2O2+. The highest BCUT2D eigenvalue weighted by molar-refractivity contribution is 5.76. The molecule has 1 aromatic carbocycles. The van der Waals surface area contributed by atoms with E-state index in [1.165, 1.54) is 34.4 Å². The zero-order valence-corrected chi connectivity index (χ0v) is 19.5. The number of quaternary nitrogens is 1. The molecule has 4 nitrogen and oxygen atoms in total. The number of allylic oxidation sites excluding steroid dienone is 3. The summed E-state index contributed by atoms with van der Waals surface area (Å²) in [5.74, 6) is 0.306. The Morgan fingerprint density at radius 2 is 1.97 bits per heavy atom. The molecule has 0 aromatic heterocycles. The maximum atomic E-state index is 12.9. The van der Waals surface area contributed by atoms with Crippen molar-refractivity contribution in [2.75, 3.05) is 37.6 Å². The number of anilines is 1. The number of fused-ring (bicyclic) bond motifs is 2. The van der Waals surface area contributed by atoms with Crippen LogP contribution in [-0.2, 0) is 9.53 Å². The summed E-state index contributed by atoms with van der Waals surface area (Å²) in [6.45, 7) is 14.2. The molecule has 5 rings (SSSR count). The Kier molecular flexibility index (Phi) is 5.24. The van der Waals surface area contributed by atoms with Crippen LogP contribution in [0.4, 0.5) is 5.69 Å². The zero-order valence-electron chi connectivity index (χ0n) is 19.5. The Hall–Kier alpha value is -2.07. The number of nitrogens with one attached hydrogen (secondary N) is 1. The quantitative estimate of drug-likeness (QED) is 0.761. The molecule has 4 aliphatic rings. The van der Waals surface area contributed by atoms with Crippen molar-refractivity contribution in [3.63, 3.8) is 0 Å². The number of hydrogen-bond donors (Lipinski definition) is 1. The molecule has 0 amide bonds. The van der Waals surface area contributed by atoms with Gasteiger partial charge in [-0.1, -0.05) is 36.8 Å². The summed E-state index contributed by atoms with van der Waals surface area (Å²) in [6, 6.07) is 6.60. The minimum atomic E-state index is 0.0130. The molecule has 31 heavy (non-hydrogen) atoms. The van der Waals surface area contributed by atoms with Gasteiger partial charge in [-0.3, -0.25) is 4.79 Å². The van der Waals surface area contributed by atoms with E-state index in [0.29, 0.717) is 0 Å². The Bertz CT molecular complexity index is 941. The summed E-state index contributed by atoms with van der Waals surface area (Å²) in [5, 5.41) is 0. The maximum absolute atomic E-state index is 12.9. The van der Waals surface area contributed by atoms with Gasteiger partial charge < -0.3 is 14.5 Å². The molecule has 0 bridgehead atoms. The normalized spacial score (nSPS) is 33.4. The van der Waals surface area contributed by atoms with E-state index in [1.54, 1.807) is 4.90 Å². The topological polar surface area (TPSA) is 34.0 Å². The van der Waals surface area contributed by atoms with Crippen LogP contribution in [0.5, 0.6) is 0 Å². The van der Waals surface area contributed by atoms with E-state index in [2.05, 4.69) is 62.9 Å². The lowest BCUT2D eigenvalue weighted by Gasteiger charge is -2.43. The molecule has 2 aliphatic heterocycles. The average molecular weight is 422 g/mol. The molecule has 1 N–H and O–H groups in total. The average Bonchev–Trinajstić information content (AvgIpc) is 3.03. The Labute approximate surface area is 186 Å². The minimum absolute atomic E-state index is 0.0130. The van der Waals surface area contributed by atoms with Crippen LogP contribution in [0.15, 0.2) is 41.5 Å². The first kappa shape index (κ1) is 20.8. The van der Waals surface area contributed by atoms with Gasteiger partial charge in [0, 0.05) is 11.6 Å². The third-order valence-corrected chi connectivity index (χ3v) is 8.59. The first-order valence-corrected chi connectivity index (χ1v) is 12.1. The molecule has 2 aliphatic carbocycles. The number of esters is 1. The third-order valence-electron chi connectivity index (χ3n) is 8.59. The van der Waals surface area contributed by atoms with E-state index in [4.69, 9.17) is 4.74 Å². The molecular weight excluding hydrogens is 384 g/mol. The number of nitrogens with zero attached hydrogens (tertiary/aromatic N) is 1. The van der Waals surface area contributed by atoms with Gasteiger partial charge in [0.05, 0.1) is 32.7 Å². The van der Waals surface area contributed by atoms with Crippen molar-refractivity contribution in [3.05, 3.63) is 52.6 Å². The van der Waals surface area contributed by atoms with Crippen molar-refractivity contribution < 1.29 is 14.4 Å². The number of piperazine rings is 1. The summed E-state index contributed by atoms with van der Waals surface area (Å²) in [6.07, 6.45) is 8.19. The van der Waals surface area contributed by atoms with Crippen LogP contribution >= 0.6 is 0 Å². The first-order valence-electron chi connectivity index (χ1n) is 12.1. The van der Waals surface area contributed by atoms with Crippen molar-refractivity contribution >= 4 is 11.7 Å². The summed E-state index contributed by atoms with van der Waals surface area (Å²) < 4.78 is 5.96. The number of carbonyl (C=O) groups excluding carboxylic acids is 1. The van der Waals surface area contributed by atoms with Gasteiger partial charge in [0.1, 0.15) is 12.0 Å². The fourth-order valence-corrected chi connectivity index (χ4v) is 6.52. The minimum Gasteiger partial charge on any atom is -0.461 e. The number of rotatable bonds is 3. The molecule has 1 aromatic rings. The molecule has 0 spiro atoms. The molecule has 2 saturated heterocycles. The van der Waals surface area contributed by atoms with E-state index in [0.717, 1.165) is 45.6 Å². The van der Waals surface area contributed by atoms with Crippen molar-refractivity contribution in [1.82, 2.24) is 0 Å². The fraction of sp³-hybridized carbons (Fsp3) is 0.593. The molecule has 0 unspecified atom stereocenters. The Balaban J connectivity index is 1.28. The predicted octanol–water partition coefficient (Wildman–Crippen LogP) is 3.24. The van der Waals surface area contributed by atoms with E-state index < -0.39 is 0 Å². The van der Waals surface area contributed by atoms with E-state index in [1.807, 2.05) is 0 Å². The van der Waals surface area contributed by atoms with Crippen LogP contribution in [-0.4, -0.2) is 44.8 Å². The van der Waals surface area contributed by atoms with Crippen molar-refractivity contribution in [1.29, 1.82) is 0 Å². The molecule has 2 fully saturated rings. The second kappa shape index (κ2) is 7.81. The molecule has 4 atom stereocenters. The van der Waals surface area contributed by atoms with Gasteiger partial charge in [-0.25, -0.2) is 0 Å². The fourth-order valence-electron chi connectivity index (χ4n) is 6.52. The lowest BCUT2D eigenvalue weighted by Crippen LogP contribution is -3.15. The van der Waals surface area contributed by atoms with Crippen LogP contribution in [0.2, 0.25) is 0 Å². The second-order valence-electron chi connectivity index (χ2n) is 10.6. The SMILES string of the molecule is CC1=CCC[C@]2(C)C[C@H]3OC(=O)[C@H](C[NH+]4CCN(c5cccc(C)c5C)CC4)[C@H]3C=C12.